The molecule has 1 atom stereocenters. The van der Waals surface area contributed by atoms with E-state index in [0.29, 0.717) is 6.54 Å². The molecule has 0 fully saturated rings. The lowest BCUT2D eigenvalue weighted by Gasteiger charge is -2.17. The third-order valence-corrected chi connectivity index (χ3v) is 3.05. The highest BCUT2D eigenvalue weighted by Crippen LogP contribution is 2.06. The molecular weight excluding hydrogens is 230 g/mol. The molecule has 0 aliphatic carbocycles. The Morgan fingerprint density at radius 1 is 1.44 bits per heavy atom. The van der Waals surface area contributed by atoms with Crippen LogP contribution >= 0.6 is 0 Å². The van der Waals surface area contributed by atoms with Gasteiger partial charge < -0.3 is 9.88 Å². The van der Waals surface area contributed by atoms with Crippen LogP contribution in [0.4, 0.5) is 0 Å². The summed E-state index contributed by atoms with van der Waals surface area (Å²) in [6.07, 6.45) is 3.57. The van der Waals surface area contributed by atoms with Gasteiger partial charge in [0.25, 0.3) is 0 Å². The van der Waals surface area contributed by atoms with Crippen LogP contribution < -0.4 is 10.6 Å². The number of rotatable bonds is 7. The fraction of sp³-hybridized carbons (Fsp3) is 0.750. The van der Waals surface area contributed by atoms with Crippen molar-refractivity contribution in [1.82, 2.24) is 25.4 Å². The third kappa shape index (κ3) is 4.10. The number of carbonyl (C=O) groups excluding carboxylic acids is 1. The van der Waals surface area contributed by atoms with Crippen LogP contribution in [0.3, 0.4) is 0 Å². The van der Waals surface area contributed by atoms with E-state index in [2.05, 4.69) is 34.7 Å². The van der Waals surface area contributed by atoms with Gasteiger partial charge in [-0.3, -0.25) is 10.1 Å². The Morgan fingerprint density at radius 2 is 2.11 bits per heavy atom. The van der Waals surface area contributed by atoms with E-state index < -0.39 is 0 Å². The van der Waals surface area contributed by atoms with Gasteiger partial charge in [0, 0.05) is 13.1 Å². The van der Waals surface area contributed by atoms with Crippen molar-refractivity contribution < 1.29 is 4.79 Å². The Labute approximate surface area is 108 Å². The van der Waals surface area contributed by atoms with E-state index in [4.69, 9.17) is 0 Å². The van der Waals surface area contributed by atoms with Crippen molar-refractivity contribution in [2.24, 2.45) is 7.05 Å². The average molecular weight is 253 g/mol. The summed E-state index contributed by atoms with van der Waals surface area (Å²) in [7, 11) is 1.89. The molecule has 0 bridgehead atoms. The van der Waals surface area contributed by atoms with Crippen molar-refractivity contribution in [2.75, 3.05) is 6.54 Å². The summed E-state index contributed by atoms with van der Waals surface area (Å²) in [6, 6.07) is 0.273. The second kappa shape index (κ2) is 7.10. The highest BCUT2D eigenvalue weighted by Gasteiger charge is 2.13. The number of aryl methyl sites for hydroxylation is 1. The van der Waals surface area contributed by atoms with Gasteiger partial charge in [-0.1, -0.05) is 13.8 Å². The molecule has 1 aromatic heterocycles. The SMILES string of the molecule is CCC(CC)NC(=O)CNC(C)c1nncn1C. The first-order chi connectivity index (χ1) is 8.58. The summed E-state index contributed by atoms with van der Waals surface area (Å²) in [5.74, 6) is 0.850. The quantitative estimate of drug-likeness (QED) is 0.753. The summed E-state index contributed by atoms with van der Waals surface area (Å²) in [6.45, 7) is 6.41. The fourth-order valence-corrected chi connectivity index (χ4v) is 1.79. The first-order valence-electron chi connectivity index (χ1n) is 6.45. The van der Waals surface area contributed by atoms with Crippen LogP contribution in [0.25, 0.3) is 0 Å². The van der Waals surface area contributed by atoms with E-state index in [1.807, 2.05) is 18.5 Å². The van der Waals surface area contributed by atoms with Crippen LogP contribution in [0, 0.1) is 0 Å². The van der Waals surface area contributed by atoms with Crippen molar-refractivity contribution in [1.29, 1.82) is 0 Å². The van der Waals surface area contributed by atoms with Crippen molar-refractivity contribution in [3.05, 3.63) is 12.2 Å². The topological polar surface area (TPSA) is 71.8 Å². The molecule has 0 radical (unpaired) electrons. The predicted octanol–water partition coefficient (Wildman–Crippen LogP) is 0.770. The van der Waals surface area contributed by atoms with Crippen LogP contribution in [-0.4, -0.2) is 33.3 Å². The van der Waals surface area contributed by atoms with Crippen LogP contribution in [-0.2, 0) is 11.8 Å². The van der Waals surface area contributed by atoms with Crippen molar-refractivity contribution >= 4 is 5.91 Å². The van der Waals surface area contributed by atoms with Crippen molar-refractivity contribution in [2.45, 2.75) is 45.7 Å². The monoisotopic (exact) mass is 253 g/mol. The minimum Gasteiger partial charge on any atom is -0.352 e. The Bertz CT molecular complexity index is 372. The third-order valence-electron chi connectivity index (χ3n) is 3.05. The number of nitrogens with zero attached hydrogens (tertiary/aromatic N) is 3. The fourth-order valence-electron chi connectivity index (χ4n) is 1.79. The lowest BCUT2D eigenvalue weighted by Crippen LogP contribution is -2.40. The number of amides is 1. The van der Waals surface area contributed by atoms with E-state index in [9.17, 15) is 4.79 Å². The molecule has 0 aromatic carbocycles. The molecule has 2 N–H and O–H groups in total. The first-order valence-corrected chi connectivity index (χ1v) is 6.45. The minimum absolute atomic E-state index is 0.00459. The molecule has 0 saturated carbocycles. The van der Waals surface area contributed by atoms with Crippen LogP contribution in [0.1, 0.15) is 45.5 Å². The highest BCUT2D eigenvalue weighted by atomic mass is 16.1. The Hall–Kier alpha value is -1.43. The molecule has 1 unspecified atom stereocenters. The molecule has 1 heterocycles. The normalized spacial score (nSPS) is 12.7. The maximum absolute atomic E-state index is 11.7. The van der Waals surface area contributed by atoms with Gasteiger partial charge in [0.05, 0.1) is 12.6 Å². The standard InChI is InChI=1S/C12H23N5O/c1-5-10(6-2)15-11(18)7-13-9(3)12-16-14-8-17(12)4/h8-10,13H,5-7H2,1-4H3,(H,15,18). The lowest BCUT2D eigenvalue weighted by atomic mass is 10.2. The predicted molar refractivity (Wildman–Crippen MR) is 69.9 cm³/mol. The molecule has 1 amide bonds. The van der Waals surface area contributed by atoms with E-state index >= 15 is 0 Å². The maximum Gasteiger partial charge on any atom is 0.234 e. The molecule has 102 valence electrons. The molecule has 1 aromatic rings. The second-order valence-corrected chi connectivity index (χ2v) is 4.48. The molecule has 18 heavy (non-hydrogen) atoms. The number of carbonyl (C=O) groups is 1. The second-order valence-electron chi connectivity index (χ2n) is 4.48. The number of hydrogen-bond donors (Lipinski definition) is 2. The average Bonchev–Trinajstić information content (AvgIpc) is 2.79. The number of aromatic nitrogens is 3. The molecular formula is C12H23N5O. The van der Waals surface area contributed by atoms with Gasteiger partial charge in [-0.05, 0) is 19.8 Å². The van der Waals surface area contributed by atoms with E-state index in [-0.39, 0.29) is 18.0 Å². The van der Waals surface area contributed by atoms with E-state index in [1.54, 1.807) is 6.33 Å². The smallest absolute Gasteiger partial charge is 0.234 e. The first kappa shape index (κ1) is 14.6. The zero-order valence-electron chi connectivity index (χ0n) is 11.6. The van der Waals surface area contributed by atoms with Gasteiger partial charge in [0.1, 0.15) is 12.2 Å². The van der Waals surface area contributed by atoms with Gasteiger partial charge in [0.2, 0.25) is 5.91 Å². The van der Waals surface area contributed by atoms with Crippen LogP contribution in [0.15, 0.2) is 6.33 Å². The van der Waals surface area contributed by atoms with Crippen molar-refractivity contribution in [3.8, 4) is 0 Å². The summed E-state index contributed by atoms with van der Waals surface area (Å²) >= 11 is 0. The Balaban J connectivity index is 2.37. The van der Waals surface area contributed by atoms with Gasteiger partial charge in [-0.15, -0.1) is 10.2 Å². The summed E-state index contributed by atoms with van der Waals surface area (Å²) < 4.78 is 1.84. The number of hydrogen-bond acceptors (Lipinski definition) is 4. The molecule has 0 spiro atoms. The summed E-state index contributed by atoms with van der Waals surface area (Å²) in [5.41, 5.74) is 0. The van der Waals surface area contributed by atoms with Gasteiger partial charge >= 0.3 is 0 Å². The van der Waals surface area contributed by atoms with Crippen LogP contribution in [0.5, 0.6) is 0 Å². The molecule has 1 rings (SSSR count). The molecule has 0 saturated heterocycles. The summed E-state index contributed by atoms with van der Waals surface area (Å²) in [5, 5.41) is 14.0. The van der Waals surface area contributed by atoms with E-state index in [0.717, 1.165) is 18.7 Å². The van der Waals surface area contributed by atoms with Gasteiger partial charge in [-0.2, -0.15) is 0 Å². The Kier molecular flexibility index (Phi) is 5.77. The van der Waals surface area contributed by atoms with Gasteiger partial charge in [-0.25, -0.2) is 0 Å². The molecule has 6 heteroatoms. The Morgan fingerprint density at radius 3 is 2.61 bits per heavy atom. The molecule has 0 aliphatic rings. The highest BCUT2D eigenvalue weighted by molar-refractivity contribution is 5.78. The molecule has 6 nitrogen and oxygen atoms in total. The summed E-state index contributed by atoms with van der Waals surface area (Å²) in [4.78, 5) is 11.7. The largest absolute Gasteiger partial charge is 0.352 e. The lowest BCUT2D eigenvalue weighted by molar-refractivity contribution is -0.121. The zero-order valence-corrected chi connectivity index (χ0v) is 11.6. The minimum atomic E-state index is 0.00459. The van der Waals surface area contributed by atoms with Crippen LogP contribution in [0.2, 0.25) is 0 Å². The maximum atomic E-state index is 11.7. The molecule has 0 aliphatic heterocycles. The zero-order chi connectivity index (χ0) is 13.5. The number of nitrogens with one attached hydrogen (secondary N) is 2. The van der Waals surface area contributed by atoms with Crippen molar-refractivity contribution in [3.63, 3.8) is 0 Å². The van der Waals surface area contributed by atoms with Gasteiger partial charge in [0.15, 0.2) is 0 Å². The van der Waals surface area contributed by atoms with E-state index in [1.165, 1.54) is 0 Å².